The minimum Gasteiger partial charge on any atom is -0.343 e. The number of carbonyl (C=O) groups is 1. The van der Waals surface area contributed by atoms with E-state index in [-0.39, 0.29) is 23.6 Å². The van der Waals surface area contributed by atoms with Gasteiger partial charge in [-0.25, -0.2) is 14.1 Å². The minimum absolute atomic E-state index is 0.0673. The zero-order valence-corrected chi connectivity index (χ0v) is 13.3. The third kappa shape index (κ3) is 3.29. The lowest BCUT2D eigenvalue weighted by Crippen LogP contribution is -2.27. The Morgan fingerprint density at radius 2 is 1.83 bits per heavy atom. The molecule has 0 aliphatic heterocycles. The first kappa shape index (κ1) is 15.8. The van der Waals surface area contributed by atoms with Gasteiger partial charge in [-0.3, -0.25) is 9.78 Å². The number of benzene rings is 1. The van der Waals surface area contributed by atoms with Crippen molar-refractivity contribution in [2.45, 2.75) is 19.9 Å². The lowest BCUT2D eigenvalue weighted by molar-refractivity contribution is 0.0929. The number of hydrogen-bond donors (Lipinski definition) is 1. The van der Waals surface area contributed by atoms with Gasteiger partial charge in [0, 0.05) is 12.4 Å². The van der Waals surface area contributed by atoms with E-state index < -0.39 is 0 Å². The Kier molecular flexibility index (Phi) is 4.33. The average Bonchev–Trinajstić information content (AvgIpc) is 2.98. The van der Waals surface area contributed by atoms with Crippen LogP contribution in [0.1, 0.15) is 35.0 Å². The summed E-state index contributed by atoms with van der Waals surface area (Å²) in [6.07, 6.45) is 3.34. The van der Waals surface area contributed by atoms with Gasteiger partial charge in [0.25, 0.3) is 5.91 Å². The van der Waals surface area contributed by atoms with E-state index in [0.29, 0.717) is 11.5 Å². The molecule has 1 aromatic carbocycles. The first-order valence-electron chi connectivity index (χ1n) is 7.45. The maximum absolute atomic E-state index is 13.0. The summed E-state index contributed by atoms with van der Waals surface area (Å²) in [4.78, 5) is 20.5. The Hall–Kier alpha value is -3.09. The highest BCUT2D eigenvalue weighted by Gasteiger charge is 2.17. The number of halogens is 1. The molecule has 1 N–H and O–H groups in total. The van der Waals surface area contributed by atoms with Gasteiger partial charge in [0.2, 0.25) is 5.82 Å². The van der Waals surface area contributed by atoms with E-state index in [9.17, 15) is 9.18 Å². The Bertz CT molecular complexity index is 845. The van der Waals surface area contributed by atoms with E-state index in [1.165, 1.54) is 16.8 Å². The highest BCUT2D eigenvalue weighted by molar-refractivity contribution is 5.90. The summed E-state index contributed by atoms with van der Waals surface area (Å²) in [6.45, 7) is 3.61. The third-order valence-electron chi connectivity index (χ3n) is 3.60. The fourth-order valence-corrected chi connectivity index (χ4v) is 2.31. The topological polar surface area (TPSA) is 72.7 Å². The number of rotatable bonds is 4. The number of aromatic nitrogens is 4. The van der Waals surface area contributed by atoms with Gasteiger partial charge in [-0.2, -0.15) is 0 Å². The molecular formula is C17H16FN5O. The van der Waals surface area contributed by atoms with E-state index >= 15 is 0 Å². The van der Waals surface area contributed by atoms with Crippen molar-refractivity contribution in [2.75, 3.05) is 0 Å². The molecular weight excluding hydrogens is 309 g/mol. The van der Waals surface area contributed by atoms with Gasteiger partial charge >= 0.3 is 0 Å². The molecule has 2 aromatic heterocycles. The van der Waals surface area contributed by atoms with E-state index in [2.05, 4.69) is 20.4 Å². The zero-order chi connectivity index (χ0) is 17.1. The Labute approximate surface area is 138 Å². The summed E-state index contributed by atoms with van der Waals surface area (Å²) in [7, 11) is 0. The molecule has 0 spiro atoms. The first-order chi connectivity index (χ1) is 11.5. The first-order valence-corrected chi connectivity index (χ1v) is 7.45. The van der Waals surface area contributed by atoms with Gasteiger partial charge in [0.15, 0.2) is 0 Å². The maximum Gasteiger partial charge on any atom is 0.291 e. The van der Waals surface area contributed by atoms with Gasteiger partial charge in [-0.05, 0) is 55.8 Å². The van der Waals surface area contributed by atoms with Crippen LogP contribution in [0.5, 0.6) is 0 Å². The molecule has 0 bridgehead atoms. The molecule has 122 valence electrons. The Morgan fingerprint density at radius 1 is 1.17 bits per heavy atom. The quantitative estimate of drug-likeness (QED) is 0.800. The summed E-state index contributed by atoms with van der Waals surface area (Å²) < 4.78 is 14.5. The molecule has 1 atom stereocenters. The number of hydrogen-bond acceptors (Lipinski definition) is 4. The largest absolute Gasteiger partial charge is 0.343 e. The van der Waals surface area contributed by atoms with Crippen LogP contribution in [0.25, 0.3) is 5.69 Å². The number of aryl methyl sites for hydroxylation is 1. The van der Waals surface area contributed by atoms with E-state index in [1.54, 1.807) is 31.5 Å². The van der Waals surface area contributed by atoms with Crippen molar-refractivity contribution in [3.8, 4) is 5.69 Å². The normalized spacial score (nSPS) is 12.0. The summed E-state index contributed by atoms with van der Waals surface area (Å²) in [5, 5.41) is 7.06. The lowest BCUT2D eigenvalue weighted by Gasteiger charge is -2.12. The molecule has 3 aromatic rings. The second-order valence-electron chi connectivity index (χ2n) is 5.35. The van der Waals surface area contributed by atoms with Gasteiger partial charge in [-0.15, -0.1) is 5.10 Å². The van der Waals surface area contributed by atoms with Crippen LogP contribution in [0.4, 0.5) is 4.39 Å². The molecule has 7 heteroatoms. The molecule has 0 aliphatic rings. The molecule has 1 amide bonds. The molecule has 2 heterocycles. The highest BCUT2D eigenvalue weighted by Crippen LogP contribution is 2.13. The van der Waals surface area contributed by atoms with Crippen LogP contribution in [0.15, 0.2) is 48.8 Å². The van der Waals surface area contributed by atoms with Gasteiger partial charge in [0.1, 0.15) is 11.6 Å². The van der Waals surface area contributed by atoms with Crippen molar-refractivity contribution in [3.63, 3.8) is 0 Å². The van der Waals surface area contributed by atoms with Gasteiger partial charge in [0.05, 0.1) is 11.7 Å². The zero-order valence-electron chi connectivity index (χ0n) is 13.3. The van der Waals surface area contributed by atoms with Crippen molar-refractivity contribution >= 4 is 5.91 Å². The van der Waals surface area contributed by atoms with Gasteiger partial charge in [-0.1, -0.05) is 0 Å². The van der Waals surface area contributed by atoms with Crippen molar-refractivity contribution in [1.29, 1.82) is 0 Å². The van der Waals surface area contributed by atoms with Crippen molar-refractivity contribution in [2.24, 2.45) is 0 Å². The summed E-state index contributed by atoms with van der Waals surface area (Å²) in [5.74, 6) is -0.0926. The molecule has 0 saturated carbocycles. The molecule has 0 aliphatic carbocycles. The molecule has 0 unspecified atom stereocenters. The van der Waals surface area contributed by atoms with Crippen LogP contribution < -0.4 is 5.32 Å². The number of pyridine rings is 1. The number of nitrogens with zero attached hydrogens (tertiary/aromatic N) is 4. The van der Waals surface area contributed by atoms with Gasteiger partial charge < -0.3 is 5.32 Å². The predicted molar refractivity (Wildman–Crippen MR) is 86.2 cm³/mol. The Morgan fingerprint density at radius 3 is 2.50 bits per heavy atom. The molecule has 0 fully saturated rings. The number of amides is 1. The molecule has 3 rings (SSSR count). The SMILES string of the molecule is Cc1nc(C(=O)N[C@H](C)c2ccncc2)nn1-c1ccc(F)cc1. The van der Waals surface area contributed by atoms with Crippen LogP contribution in [-0.4, -0.2) is 25.7 Å². The fraction of sp³-hybridized carbons (Fsp3) is 0.176. The second kappa shape index (κ2) is 6.57. The molecule has 0 radical (unpaired) electrons. The minimum atomic E-state index is -0.372. The number of carbonyl (C=O) groups excluding carboxylic acids is 1. The van der Waals surface area contributed by atoms with Crippen LogP contribution in [0.3, 0.4) is 0 Å². The lowest BCUT2D eigenvalue weighted by atomic mass is 10.1. The Balaban J connectivity index is 1.79. The summed E-state index contributed by atoms with van der Waals surface area (Å²) >= 11 is 0. The standard InChI is InChI=1S/C17H16FN5O/c1-11(13-7-9-19-10-8-13)20-17(24)16-21-12(2)23(22-16)15-5-3-14(18)4-6-15/h3-11H,1-2H3,(H,20,24)/t11-/m1/s1. The van der Waals surface area contributed by atoms with Crippen molar-refractivity contribution < 1.29 is 9.18 Å². The monoisotopic (exact) mass is 325 g/mol. The third-order valence-corrected chi connectivity index (χ3v) is 3.60. The molecule has 24 heavy (non-hydrogen) atoms. The fourth-order valence-electron chi connectivity index (χ4n) is 2.31. The van der Waals surface area contributed by atoms with E-state index in [4.69, 9.17) is 0 Å². The average molecular weight is 325 g/mol. The van der Waals surface area contributed by atoms with Crippen LogP contribution >= 0.6 is 0 Å². The van der Waals surface area contributed by atoms with E-state index in [1.807, 2.05) is 19.1 Å². The predicted octanol–water partition coefficient (Wildman–Crippen LogP) is 2.60. The van der Waals surface area contributed by atoms with Crippen molar-refractivity contribution in [1.82, 2.24) is 25.1 Å². The van der Waals surface area contributed by atoms with Crippen LogP contribution in [-0.2, 0) is 0 Å². The highest BCUT2D eigenvalue weighted by atomic mass is 19.1. The molecule has 0 saturated heterocycles. The maximum atomic E-state index is 13.0. The summed E-state index contributed by atoms with van der Waals surface area (Å²) in [6, 6.07) is 9.31. The van der Waals surface area contributed by atoms with Crippen molar-refractivity contribution in [3.05, 3.63) is 71.8 Å². The second-order valence-corrected chi connectivity index (χ2v) is 5.35. The van der Waals surface area contributed by atoms with E-state index in [0.717, 1.165) is 5.56 Å². The smallest absolute Gasteiger partial charge is 0.291 e. The summed E-state index contributed by atoms with van der Waals surface area (Å²) in [5.41, 5.74) is 1.58. The number of nitrogens with one attached hydrogen (secondary N) is 1. The molecule has 6 nitrogen and oxygen atoms in total. The van der Waals surface area contributed by atoms with Crippen LogP contribution in [0.2, 0.25) is 0 Å². The van der Waals surface area contributed by atoms with Crippen LogP contribution in [0, 0.1) is 12.7 Å².